The third kappa shape index (κ3) is 3.94. The summed E-state index contributed by atoms with van der Waals surface area (Å²) in [6.07, 6.45) is 0. The number of benzene rings is 1. The van der Waals surface area contributed by atoms with Crippen LogP contribution < -0.4 is 0 Å². The minimum atomic E-state index is 0. The Balaban J connectivity index is 0. The minimum Gasteiger partial charge on any atom is -0.616 e. The van der Waals surface area contributed by atoms with E-state index in [2.05, 4.69) is 5.10 Å². The van der Waals surface area contributed by atoms with Crippen LogP contribution in [0.1, 0.15) is 12.5 Å². The summed E-state index contributed by atoms with van der Waals surface area (Å²) in [5, 5.41) is 3.33. The number of rotatable bonds is 1. The molecule has 0 atom stereocenters. The fourth-order valence-corrected chi connectivity index (χ4v) is 0.744. The van der Waals surface area contributed by atoms with E-state index < -0.39 is 0 Å². The van der Waals surface area contributed by atoms with Gasteiger partial charge in [0.2, 0.25) is 0 Å². The van der Waals surface area contributed by atoms with Crippen molar-refractivity contribution in [1.82, 2.24) is 0 Å². The first-order valence-corrected chi connectivity index (χ1v) is 3.11. The van der Waals surface area contributed by atoms with Crippen molar-refractivity contribution in [3.05, 3.63) is 49.2 Å². The Labute approximate surface area is 97.6 Å². The normalized spacial score (nSPS) is 9.58. The predicted molar refractivity (Wildman–Crippen MR) is 49.4 cm³/mol. The average Bonchev–Trinajstić information content (AvgIpc) is 2.05. The Morgan fingerprint density at radius 3 is 2.17 bits per heavy atom. The molecule has 0 heterocycles. The SMILES string of the molecule is C/C(=N\[NH-])c1ccccc1.[CH3-].[U+2]. The summed E-state index contributed by atoms with van der Waals surface area (Å²) >= 11 is 0. The molecule has 3 heteroatoms. The molecule has 0 amide bonds. The first-order valence-electron chi connectivity index (χ1n) is 3.11. The van der Waals surface area contributed by atoms with Gasteiger partial charge in [0.1, 0.15) is 0 Å². The molecule has 0 aliphatic carbocycles. The van der Waals surface area contributed by atoms with Gasteiger partial charge in [0.05, 0.1) is 0 Å². The summed E-state index contributed by atoms with van der Waals surface area (Å²) < 4.78 is 0. The fraction of sp³-hybridized carbons (Fsp3) is 0.111. The van der Waals surface area contributed by atoms with E-state index in [-0.39, 0.29) is 38.5 Å². The molecule has 0 fully saturated rings. The number of hydrogen-bond acceptors (Lipinski definition) is 1. The zero-order valence-corrected chi connectivity index (χ0v) is 11.5. The van der Waals surface area contributed by atoms with Crippen molar-refractivity contribution in [3.8, 4) is 0 Å². The maximum absolute atomic E-state index is 6.73. The Kier molecular flexibility index (Phi) is 8.80. The summed E-state index contributed by atoms with van der Waals surface area (Å²) in [7, 11) is 0. The van der Waals surface area contributed by atoms with E-state index in [1.807, 2.05) is 37.3 Å². The molecule has 62 valence electrons. The molecule has 1 aromatic rings. The number of hydrogen-bond donors (Lipinski definition) is 0. The maximum Gasteiger partial charge on any atom is 2.00 e. The van der Waals surface area contributed by atoms with Gasteiger partial charge < -0.3 is 18.4 Å². The van der Waals surface area contributed by atoms with Gasteiger partial charge in [-0.1, -0.05) is 30.3 Å². The zero-order valence-electron chi connectivity index (χ0n) is 7.33. The molecule has 0 radical (unpaired) electrons. The fourth-order valence-electron chi connectivity index (χ4n) is 0.744. The van der Waals surface area contributed by atoms with Crippen molar-refractivity contribution in [1.29, 1.82) is 0 Å². The van der Waals surface area contributed by atoms with E-state index in [1.165, 1.54) is 0 Å². The van der Waals surface area contributed by atoms with Crippen LogP contribution in [0.3, 0.4) is 0 Å². The number of nitrogens with zero attached hydrogens (tertiary/aromatic N) is 1. The van der Waals surface area contributed by atoms with Crippen molar-refractivity contribution in [2.24, 2.45) is 5.10 Å². The van der Waals surface area contributed by atoms with Gasteiger partial charge in [0, 0.05) is 5.71 Å². The molecule has 2 nitrogen and oxygen atoms in total. The average molecular weight is 386 g/mol. The van der Waals surface area contributed by atoms with E-state index in [1.54, 1.807) is 0 Å². The molecule has 0 saturated heterocycles. The zero-order chi connectivity index (χ0) is 7.40. The van der Waals surface area contributed by atoms with Crippen LogP contribution in [-0.2, 0) is 0 Å². The minimum absolute atomic E-state index is 0. The molecule has 0 aliphatic rings. The molecule has 1 aromatic carbocycles. The van der Waals surface area contributed by atoms with E-state index in [0.29, 0.717) is 0 Å². The largest absolute Gasteiger partial charge is 2.00 e. The molecule has 0 saturated carbocycles. The van der Waals surface area contributed by atoms with Crippen LogP contribution in [0.2, 0.25) is 0 Å². The second-order valence-corrected chi connectivity index (χ2v) is 2.06. The van der Waals surface area contributed by atoms with Crippen LogP contribution in [0, 0.1) is 38.5 Å². The Morgan fingerprint density at radius 1 is 1.25 bits per heavy atom. The van der Waals surface area contributed by atoms with Crippen LogP contribution in [0.5, 0.6) is 0 Å². The second-order valence-electron chi connectivity index (χ2n) is 2.06. The Hall–Kier alpha value is -0.258. The molecule has 0 spiro atoms. The molecule has 12 heavy (non-hydrogen) atoms. The first kappa shape index (κ1) is 14.3. The maximum atomic E-state index is 6.73. The molecule has 1 rings (SSSR count). The van der Waals surface area contributed by atoms with Gasteiger partial charge in [0.25, 0.3) is 0 Å². The molecule has 1 N–H and O–H groups in total. The molecule has 0 unspecified atom stereocenters. The summed E-state index contributed by atoms with van der Waals surface area (Å²) in [6.45, 7) is 1.82. The molecule has 0 aliphatic heterocycles. The van der Waals surface area contributed by atoms with Crippen molar-refractivity contribution in [2.45, 2.75) is 6.92 Å². The van der Waals surface area contributed by atoms with E-state index in [4.69, 9.17) is 5.84 Å². The Bertz CT molecular complexity index is 232. The third-order valence-electron chi connectivity index (χ3n) is 1.36. The van der Waals surface area contributed by atoms with Gasteiger partial charge in [-0.25, -0.2) is 0 Å². The molecular weight excluding hydrogens is 374 g/mol. The van der Waals surface area contributed by atoms with Gasteiger partial charge in [-0.2, -0.15) is 0 Å². The predicted octanol–water partition coefficient (Wildman–Crippen LogP) is 2.91. The van der Waals surface area contributed by atoms with Crippen LogP contribution in [0.15, 0.2) is 35.4 Å². The van der Waals surface area contributed by atoms with E-state index >= 15 is 0 Å². The van der Waals surface area contributed by atoms with Gasteiger partial charge in [-0.05, 0) is 12.5 Å². The molecule has 0 aromatic heterocycles. The van der Waals surface area contributed by atoms with Gasteiger partial charge in [-0.15, -0.1) is 0 Å². The van der Waals surface area contributed by atoms with Gasteiger partial charge >= 0.3 is 31.1 Å². The van der Waals surface area contributed by atoms with Crippen LogP contribution in [0.4, 0.5) is 0 Å². The monoisotopic (exact) mass is 386 g/mol. The third-order valence-corrected chi connectivity index (χ3v) is 1.36. The standard InChI is InChI=1S/C8H9N2.CH3.U/c1-7(10-9)8-5-3-2-4-6-8;;/h2-6,9H,1H3;1H3;/q2*-1;+2/b10-7+;;. The van der Waals surface area contributed by atoms with Crippen molar-refractivity contribution < 1.29 is 31.1 Å². The quantitative estimate of drug-likeness (QED) is 0.404. The van der Waals surface area contributed by atoms with Crippen molar-refractivity contribution in [2.75, 3.05) is 0 Å². The van der Waals surface area contributed by atoms with E-state index in [9.17, 15) is 0 Å². The van der Waals surface area contributed by atoms with Crippen molar-refractivity contribution >= 4 is 5.71 Å². The smallest absolute Gasteiger partial charge is 0.616 e. The molecular formula is C9H12N2U. The van der Waals surface area contributed by atoms with Gasteiger partial charge in [-0.3, -0.25) is 0 Å². The van der Waals surface area contributed by atoms with Crippen LogP contribution in [0.25, 0.3) is 5.84 Å². The summed E-state index contributed by atoms with van der Waals surface area (Å²) in [5.74, 6) is 6.73. The molecule has 0 bridgehead atoms. The summed E-state index contributed by atoms with van der Waals surface area (Å²) in [5.41, 5.74) is 1.76. The first-order chi connectivity index (χ1) is 4.84. The summed E-state index contributed by atoms with van der Waals surface area (Å²) in [4.78, 5) is 0. The summed E-state index contributed by atoms with van der Waals surface area (Å²) in [6, 6.07) is 9.69. The van der Waals surface area contributed by atoms with Crippen molar-refractivity contribution in [3.63, 3.8) is 0 Å². The topological polar surface area (TPSA) is 36.2 Å². The Morgan fingerprint density at radius 2 is 1.75 bits per heavy atom. The van der Waals surface area contributed by atoms with Crippen LogP contribution >= 0.6 is 0 Å². The van der Waals surface area contributed by atoms with Crippen LogP contribution in [-0.4, -0.2) is 5.71 Å². The van der Waals surface area contributed by atoms with E-state index in [0.717, 1.165) is 11.3 Å². The second kappa shape index (κ2) is 7.39. The number of nitrogens with one attached hydrogen (secondary N) is 1. The van der Waals surface area contributed by atoms with Gasteiger partial charge in [0.15, 0.2) is 0 Å².